The smallest absolute Gasteiger partial charge is 0.333 e. The maximum Gasteiger partial charge on any atom is 0.333 e. The van der Waals surface area contributed by atoms with Crippen LogP contribution in [-0.4, -0.2) is 44.2 Å². The van der Waals surface area contributed by atoms with Crippen molar-refractivity contribution in [1.29, 1.82) is 5.41 Å². The van der Waals surface area contributed by atoms with Crippen LogP contribution in [0.5, 0.6) is 11.5 Å². The quantitative estimate of drug-likeness (QED) is 0.225. The molecule has 8 nitrogen and oxygen atoms in total. The Balaban J connectivity index is 0.00000408. The van der Waals surface area contributed by atoms with Gasteiger partial charge in [-0.05, 0) is 70.1 Å². The Bertz CT molecular complexity index is 968. The van der Waals surface area contributed by atoms with E-state index in [1.165, 1.54) is 12.1 Å². The van der Waals surface area contributed by atoms with E-state index in [4.69, 9.17) is 25.4 Å². The third kappa shape index (κ3) is 6.98. The second kappa shape index (κ2) is 13.0. The highest BCUT2D eigenvalue weighted by molar-refractivity contribution is 5.95. The first-order valence-electron chi connectivity index (χ1n) is 11.1. The number of benzene rings is 2. The highest BCUT2D eigenvalue weighted by Crippen LogP contribution is 2.34. The van der Waals surface area contributed by atoms with Crippen LogP contribution in [0.1, 0.15) is 43.9 Å². The summed E-state index contributed by atoms with van der Waals surface area (Å²) >= 11 is 0. The van der Waals surface area contributed by atoms with E-state index in [0.29, 0.717) is 23.6 Å². The average molecular weight is 495 g/mol. The van der Waals surface area contributed by atoms with E-state index in [-0.39, 0.29) is 42.3 Å². The zero-order valence-corrected chi connectivity index (χ0v) is 20.2. The number of rotatable bonds is 10. The molecule has 0 aliphatic carbocycles. The summed E-state index contributed by atoms with van der Waals surface area (Å²) in [4.78, 5) is 12.9. The molecule has 0 saturated carbocycles. The van der Waals surface area contributed by atoms with Crippen molar-refractivity contribution in [2.75, 3.05) is 31.6 Å². The van der Waals surface area contributed by atoms with Gasteiger partial charge in [0.25, 0.3) is 0 Å². The molecule has 34 heavy (non-hydrogen) atoms. The normalized spacial score (nSPS) is 14.4. The molecule has 1 heterocycles. The van der Waals surface area contributed by atoms with E-state index in [0.717, 1.165) is 25.9 Å². The molecule has 0 amide bonds. The van der Waals surface area contributed by atoms with Crippen LogP contribution in [0.2, 0.25) is 0 Å². The lowest BCUT2D eigenvalue weighted by Gasteiger charge is -2.26. The Hall–Kier alpha value is -3.04. The molecule has 1 unspecified atom stereocenters. The van der Waals surface area contributed by atoms with Crippen molar-refractivity contribution in [3.63, 3.8) is 0 Å². The zero-order valence-electron chi connectivity index (χ0n) is 19.4. The molecular weight excluding hydrogens is 463 g/mol. The Labute approximate surface area is 205 Å². The number of anilines is 1. The van der Waals surface area contributed by atoms with Gasteiger partial charge in [-0.2, -0.15) is 0 Å². The summed E-state index contributed by atoms with van der Waals surface area (Å²) in [6.45, 7) is 5.64. The van der Waals surface area contributed by atoms with Gasteiger partial charge in [-0.15, -0.1) is 12.4 Å². The van der Waals surface area contributed by atoms with Gasteiger partial charge in [-0.25, -0.2) is 9.18 Å². The summed E-state index contributed by atoms with van der Waals surface area (Å²) in [5, 5.41) is 13.8. The molecule has 1 saturated heterocycles. The molecule has 1 atom stereocenters. The van der Waals surface area contributed by atoms with Crippen LogP contribution in [0, 0.1) is 11.2 Å². The van der Waals surface area contributed by atoms with Crippen LogP contribution in [0.4, 0.5) is 10.1 Å². The number of nitrogens with one attached hydrogen (secondary N) is 3. The summed E-state index contributed by atoms with van der Waals surface area (Å²) in [6, 6.07) is 8.50. The molecule has 3 rings (SSSR count). The molecule has 2 aromatic carbocycles. The summed E-state index contributed by atoms with van der Waals surface area (Å²) < 4.78 is 32.5. The van der Waals surface area contributed by atoms with Gasteiger partial charge in [-0.3, -0.25) is 5.41 Å². The Morgan fingerprint density at radius 3 is 2.47 bits per heavy atom. The number of ether oxygens (including phenoxy) is 3. The van der Waals surface area contributed by atoms with Crippen molar-refractivity contribution < 1.29 is 23.4 Å². The van der Waals surface area contributed by atoms with E-state index in [1.54, 1.807) is 31.2 Å². The highest BCUT2D eigenvalue weighted by atomic mass is 35.5. The fraction of sp³-hybridized carbons (Fsp3) is 0.417. The summed E-state index contributed by atoms with van der Waals surface area (Å²) in [5.74, 6) is -0.887. The lowest BCUT2D eigenvalue weighted by atomic mass is 10.0. The van der Waals surface area contributed by atoms with Gasteiger partial charge in [0.2, 0.25) is 0 Å². The van der Waals surface area contributed by atoms with E-state index in [2.05, 4.69) is 10.6 Å². The Morgan fingerprint density at radius 1 is 1.21 bits per heavy atom. The number of hydrogen-bond acceptors (Lipinski definition) is 7. The number of nitrogen functional groups attached to an aromatic ring is 1. The van der Waals surface area contributed by atoms with Crippen LogP contribution < -0.4 is 25.8 Å². The van der Waals surface area contributed by atoms with Crippen molar-refractivity contribution in [2.45, 2.75) is 38.8 Å². The first kappa shape index (κ1) is 27.2. The number of amidine groups is 1. The molecule has 0 radical (unpaired) electrons. The molecule has 1 aliphatic heterocycles. The molecule has 0 aromatic heterocycles. The zero-order chi connectivity index (χ0) is 23.8. The average Bonchev–Trinajstić information content (AvgIpc) is 2.81. The van der Waals surface area contributed by atoms with Crippen LogP contribution in [0.25, 0.3) is 0 Å². The minimum Gasteiger partial charge on any atom is -0.494 e. The molecule has 10 heteroatoms. The van der Waals surface area contributed by atoms with Crippen molar-refractivity contribution in [1.82, 2.24) is 5.32 Å². The van der Waals surface area contributed by atoms with Gasteiger partial charge in [-0.1, -0.05) is 0 Å². The van der Waals surface area contributed by atoms with E-state index in [1.807, 2.05) is 6.92 Å². The molecule has 5 N–H and O–H groups in total. The molecule has 0 bridgehead atoms. The lowest BCUT2D eigenvalue weighted by molar-refractivity contribution is -0.144. The van der Waals surface area contributed by atoms with Crippen LogP contribution in [0.3, 0.4) is 0 Å². The van der Waals surface area contributed by atoms with Gasteiger partial charge < -0.3 is 30.6 Å². The monoisotopic (exact) mass is 494 g/mol. The predicted molar refractivity (Wildman–Crippen MR) is 132 cm³/mol. The SMILES string of the molecule is CCOC(=O)C(Nc1ccc(C(=N)N)cc1)c1cc(OCC)cc(OC2CCNCC2)c1F.Cl. The van der Waals surface area contributed by atoms with Crippen molar-refractivity contribution in [3.05, 3.63) is 53.3 Å². The minimum absolute atomic E-state index is 0. The van der Waals surface area contributed by atoms with Crippen molar-refractivity contribution in [2.24, 2.45) is 5.73 Å². The van der Waals surface area contributed by atoms with Gasteiger partial charge in [0.15, 0.2) is 17.6 Å². The largest absolute Gasteiger partial charge is 0.494 e. The number of halogens is 2. The van der Waals surface area contributed by atoms with Crippen molar-refractivity contribution >= 4 is 29.9 Å². The lowest BCUT2D eigenvalue weighted by Crippen LogP contribution is -2.34. The van der Waals surface area contributed by atoms with Crippen LogP contribution >= 0.6 is 12.4 Å². The molecule has 0 spiro atoms. The third-order valence-electron chi connectivity index (χ3n) is 5.27. The number of esters is 1. The van der Waals surface area contributed by atoms with E-state index in [9.17, 15) is 4.79 Å². The number of piperidine rings is 1. The van der Waals surface area contributed by atoms with Crippen LogP contribution in [-0.2, 0) is 9.53 Å². The second-order valence-electron chi connectivity index (χ2n) is 7.65. The van der Waals surface area contributed by atoms with Gasteiger partial charge in [0.1, 0.15) is 17.7 Å². The van der Waals surface area contributed by atoms with Gasteiger partial charge >= 0.3 is 5.97 Å². The third-order valence-corrected chi connectivity index (χ3v) is 5.27. The predicted octanol–water partition coefficient (Wildman–Crippen LogP) is 3.78. The summed E-state index contributed by atoms with van der Waals surface area (Å²) in [5.41, 5.74) is 6.66. The first-order valence-corrected chi connectivity index (χ1v) is 11.1. The number of hydrogen-bond donors (Lipinski definition) is 4. The maximum absolute atomic E-state index is 15.7. The van der Waals surface area contributed by atoms with Gasteiger partial charge in [0.05, 0.1) is 13.2 Å². The maximum atomic E-state index is 15.7. The molecule has 2 aromatic rings. The fourth-order valence-corrected chi connectivity index (χ4v) is 3.63. The minimum atomic E-state index is -1.14. The van der Waals surface area contributed by atoms with Gasteiger partial charge in [0, 0.05) is 22.9 Å². The van der Waals surface area contributed by atoms with E-state index >= 15 is 4.39 Å². The molecule has 1 fully saturated rings. The summed E-state index contributed by atoms with van der Waals surface area (Å²) in [6.07, 6.45) is 1.39. The summed E-state index contributed by atoms with van der Waals surface area (Å²) in [7, 11) is 0. The topological polar surface area (TPSA) is 119 Å². The Kier molecular flexibility index (Phi) is 10.4. The van der Waals surface area contributed by atoms with Crippen molar-refractivity contribution in [3.8, 4) is 11.5 Å². The standard InChI is InChI=1S/C24H31FN4O4.ClH/c1-3-31-18-13-19(21(25)20(14-18)33-17-9-11-28-12-10-17)22(24(30)32-4-2)29-16-7-5-15(6-8-16)23(26)27;/h5-8,13-14,17,22,28-29H,3-4,9-12H2,1-2H3,(H3,26,27);1H. The number of carbonyl (C=O) groups excluding carboxylic acids is 1. The first-order chi connectivity index (χ1) is 15.9. The second-order valence-corrected chi connectivity index (χ2v) is 7.65. The number of nitrogens with two attached hydrogens (primary N) is 1. The van der Waals surface area contributed by atoms with E-state index < -0.39 is 17.8 Å². The molecule has 186 valence electrons. The fourth-order valence-electron chi connectivity index (χ4n) is 3.63. The molecule has 1 aliphatic rings. The molecular formula is C24H32ClFN4O4. The Morgan fingerprint density at radius 2 is 1.88 bits per heavy atom. The number of carbonyl (C=O) groups is 1. The van der Waals surface area contributed by atoms with Crippen LogP contribution in [0.15, 0.2) is 36.4 Å². The highest BCUT2D eigenvalue weighted by Gasteiger charge is 2.29.